The predicted molar refractivity (Wildman–Crippen MR) is 90.1 cm³/mol. The van der Waals surface area contributed by atoms with Crippen molar-refractivity contribution in [2.75, 3.05) is 13.7 Å². The average molecular weight is 366 g/mol. The fourth-order valence-corrected chi connectivity index (χ4v) is 1.94. The van der Waals surface area contributed by atoms with E-state index in [9.17, 15) is 19.2 Å². The fraction of sp³-hybridized carbons (Fsp3) is 0.412. The molecular weight excluding hydrogens is 344 g/mol. The average Bonchev–Trinajstić information content (AvgIpc) is 2.59. The van der Waals surface area contributed by atoms with E-state index in [0.29, 0.717) is 5.75 Å². The van der Waals surface area contributed by atoms with Crippen LogP contribution in [0.15, 0.2) is 30.3 Å². The number of hydrogen-bond acceptors (Lipinski definition) is 7. The van der Waals surface area contributed by atoms with Gasteiger partial charge >= 0.3 is 17.9 Å². The third-order valence-corrected chi connectivity index (χ3v) is 3.40. The van der Waals surface area contributed by atoms with E-state index in [2.05, 4.69) is 0 Å². The number of rotatable bonds is 9. The second kappa shape index (κ2) is 10.1. The molecule has 0 spiro atoms. The zero-order chi connectivity index (χ0) is 19.7. The molecule has 0 aromatic heterocycles. The van der Waals surface area contributed by atoms with Crippen LogP contribution in [0.4, 0.5) is 0 Å². The number of carboxylic acids is 1. The van der Waals surface area contributed by atoms with Crippen molar-refractivity contribution in [3.05, 3.63) is 30.3 Å². The summed E-state index contributed by atoms with van der Waals surface area (Å²) in [5, 5.41) is 9.17. The van der Waals surface area contributed by atoms with Crippen LogP contribution >= 0.6 is 0 Å². The van der Waals surface area contributed by atoms with E-state index in [4.69, 9.17) is 20.3 Å². The largest absolute Gasteiger partial charge is 0.480 e. The van der Waals surface area contributed by atoms with Gasteiger partial charge in [-0.3, -0.25) is 14.4 Å². The molecule has 0 bridgehead atoms. The number of para-hydroxylation sites is 1. The molecule has 26 heavy (non-hydrogen) atoms. The summed E-state index contributed by atoms with van der Waals surface area (Å²) >= 11 is 0. The molecule has 0 fully saturated rings. The van der Waals surface area contributed by atoms with Crippen molar-refractivity contribution in [2.24, 2.45) is 5.73 Å². The number of carbonyl (C=O) groups excluding carboxylic acids is 3. The Morgan fingerprint density at radius 3 is 2.23 bits per heavy atom. The summed E-state index contributed by atoms with van der Waals surface area (Å²) in [6.45, 7) is 0.874. The Morgan fingerprint density at radius 1 is 1.12 bits per heavy atom. The molecular formula is C17H22N2O7. The lowest BCUT2D eigenvalue weighted by atomic mass is 10.2. The van der Waals surface area contributed by atoms with Crippen molar-refractivity contribution in [1.82, 2.24) is 4.90 Å². The first-order chi connectivity index (χ1) is 12.2. The molecule has 1 rings (SSSR count). The van der Waals surface area contributed by atoms with Crippen LogP contribution in [0, 0.1) is 0 Å². The van der Waals surface area contributed by atoms with Gasteiger partial charge < -0.3 is 25.2 Å². The van der Waals surface area contributed by atoms with Crippen LogP contribution in [0.3, 0.4) is 0 Å². The Labute approximate surface area is 150 Å². The number of hydrogen-bond donors (Lipinski definition) is 2. The highest BCUT2D eigenvalue weighted by molar-refractivity contribution is 5.86. The van der Waals surface area contributed by atoms with Gasteiger partial charge in [-0.25, -0.2) is 4.79 Å². The van der Waals surface area contributed by atoms with E-state index in [1.54, 1.807) is 30.3 Å². The van der Waals surface area contributed by atoms with Crippen LogP contribution in [0.25, 0.3) is 0 Å². The molecule has 1 aromatic rings. The van der Waals surface area contributed by atoms with Gasteiger partial charge in [0.25, 0.3) is 0 Å². The van der Waals surface area contributed by atoms with E-state index in [1.807, 2.05) is 0 Å². The third-order valence-electron chi connectivity index (χ3n) is 3.40. The Bertz CT molecular complexity index is 646. The van der Waals surface area contributed by atoms with Gasteiger partial charge in [0.15, 0.2) is 6.04 Å². The highest BCUT2D eigenvalue weighted by atomic mass is 16.5. The van der Waals surface area contributed by atoms with Gasteiger partial charge in [-0.1, -0.05) is 18.2 Å². The first-order valence-corrected chi connectivity index (χ1v) is 7.88. The molecule has 0 unspecified atom stereocenters. The number of carbonyl (C=O) groups is 4. The number of benzene rings is 1. The van der Waals surface area contributed by atoms with Gasteiger partial charge in [0.1, 0.15) is 12.4 Å². The minimum absolute atomic E-state index is 0.222. The van der Waals surface area contributed by atoms with Crippen molar-refractivity contribution in [3.63, 3.8) is 0 Å². The zero-order valence-electron chi connectivity index (χ0n) is 14.6. The first kappa shape index (κ1) is 21.1. The lowest BCUT2D eigenvalue weighted by Crippen LogP contribution is -2.50. The SMILES string of the molecule is C[C@H](N)C(=O)N(C)[C@@H](COC(=O)CCC(=O)Oc1ccccc1)C(=O)O. The van der Waals surface area contributed by atoms with E-state index >= 15 is 0 Å². The minimum atomic E-state index is -1.37. The second-order valence-electron chi connectivity index (χ2n) is 5.56. The second-order valence-corrected chi connectivity index (χ2v) is 5.56. The van der Waals surface area contributed by atoms with Gasteiger partial charge in [-0.05, 0) is 19.1 Å². The number of carboxylic acid groups (broad SMARTS) is 1. The summed E-state index contributed by atoms with van der Waals surface area (Å²) in [7, 11) is 1.26. The standard InChI is InChI=1S/C17H22N2O7/c1-11(18)16(22)19(2)13(17(23)24)10-25-14(20)8-9-15(21)26-12-6-4-3-5-7-12/h3-7,11,13H,8-10,18H2,1-2H3,(H,23,24)/t11-,13-/m0/s1. The number of esters is 2. The van der Waals surface area contributed by atoms with E-state index in [1.165, 1.54) is 14.0 Å². The van der Waals surface area contributed by atoms with Gasteiger partial charge in [0, 0.05) is 7.05 Å². The summed E-state index contributed by atoms with van der Waals surface area (Å²) < 4.78 is 9.87. The summed E-state index contributed by atoms with van der Waals surface area (Å²) in [4.78, 5) is 47.3. The molecule has 0 saturated carbocycles. The quantitative estimate of drug-likeness (QED) is 0.466. The van der Waals surface area contributed by atoms with Gasteiger partial charge in [-0.15, -0.1) is 0 Å². The molecule has 0 heterocycles. The number of likely N-dealkylation sites (N-methyl/N-ethyl adjacent to an activating group) is 1. The van der Waals surface area contributed by atoms with E-state index in [0.717, 1.165) is 4.90 Å². The first-order valence-electron chi connectivity index (χ1n) is 7.88. The molecule has 3 N–H and O–H groups in total. The normalized spacial score (nSPS) is 12.6. The third kappa shape index (κ3) is 6.89. The summed E-state index contributed by atoms with van der Waals surface area (Å²) in [6.07, 6.45) is -0.497. The Kier molecular flexibility index (Phi) is 8.23. The fourth-order valence-electron chi connectivity index (χ4n) is 1.94. The summed E-state index contributed by atoms with van der Waals surface area (Å²) in [6, 6.07) is 6.10. The van der Waals surface area contributed by atoms with Crippen molar-refractivity contribution in [2.45, 2.75) is 31.8 Å². The Hall–Kier alpha value is -2.94. The van der Waals surface area contributed by atoms with E-state index < -0.39 is 42.5 Å². The van der Waals surface area contributed by atoms with Crippen LogP contribution in [0.2, 0.25) is 0 Å². The van der Waals surface area contributed by atoms with Crippen molar-refractivity contribution in [1.29, 1.82) is 0 Å². The lowest BCUT2D eigenvalue weighted by Gasteiger charge is -2.25. The van der Waals surface area contributed by atoms with Crippen LogP contribution < -0.4 is 10.5 Å². The predicted octanol–water partition coefficient (Wildman–Crippen LogP) is 0.174. The summed E-state index contributed by atoms with van der Waals surface area (Å²) in [5.41, 5.74) is 5.43. The number of amides is 1. The van der Waals surface area contributed by atoms with Crippen LogP contribution in [0.5, 0.6) is 5.75 Å². The smallest absolute Gasteiger partial charge is 0.330 e. The molecule has 0 aliphatic carbocycles. The number of nitrogens with two attached hydrogens (primary N) is 1. The van der Waals surface area contributed by atoms with Crippen LogP contribution in [-0.4, -0.2) is 59.6 Å². The molecule has 2 atom stereocenters. The minimum Gasteiger partial charge on any atom is -0.480 e. The monoisotopic (exact) mass is 366 g/mol. The van der Waals surface area contributed by atoms with Crippen molar-refractivity contribution < 1.29 is 33.8 Å². The van der Waals surface area contributed by atoms with Crippen LogP contribution in [-0.2, 0) is 23.9 Å². The zero-order valence-corrected chi connectivity index (χ0v) is 14.6. The Morgan fingerprint density at radius 2 is 1.69 bits per heavy atom. The highest BCUT2D eigenvalue weighted by Crippen LogP contribution is 2.10. The van der Waals surface area contributed by atoms with Crippen molar-refractivity contribution >= 4 is 23.8 Å². The van der Waals surface area contributed by atoms with Crippen LogP contribution in [0.1, 0.15) is 19.8 Å². The van der Waals surface area contributed by atoms with Crippen molar-refractivity contribution in [3.8, 4) is 5.75 Å². The molecule has 1 amide bonds. The highest BCUT2D eigenvalue weighted by Gasteiger charge is 2.29. The molecule has 1 aromatic carbocycles. The lowest BCUT2D eigenvalue weighted by molar-refractivity contribution is -0.157. The maximum Gasteiger partial charge on any atom is 0.330 e. The molecule has 0 aliphatic rings. The maximum atomic E-state index is 11.8. The molecule has 9 heteroatoms. The van der Waals surface area contributed by atoms with E-state index in [-0.39, 0.29) is 12.8 Å². The molecule has 0 saturated heterocycles. The maximum absolute atomic E-state index is 11.8. The van der Waals surface area contributed by atoms with Gasteiger partial charge in [0.05, 0.1) is 18.9 Å². The molecule has 9 nitrogen and oxygen atoms in total. The number of nitrogens with zero attached hydrogens (tertiary/aromatic N) is 1. The molecule has 0 aliphatic heterocycles. The number of ether oxygens (including phenoxy) is 2. The topological polar surface area (TPSA) is 136 Å². The number of aliphatic carboxylic acids is 1. The Balaban J connectivity index is 2.44. The summed E-state index contributed by atoms with van der Waals surface area (Å²) in [5.74, 6) is -2.97. The van der Waals surface area contributed by atoms with Gasteiger partial charge in [-0.2, -0.15) is 0 Å². The van der Waals surface area contributed by atoms with Gasteiger partial charge in [0.2, 0.25) is 5.91 Å². The molecule has 0 radical (unpaired) electrons. The molecule has 142 valence electrons.